The van der Waals surface area contributed by atoms with Gasteiger partial charge in [0.2, 0.25) is 5.91 Å². The summed E-state index contributed by atoms with van der Waals surface area (Å²) in [4.78, 5) is 21.3. The second-order valence-corrected chi connectivity index (χ2v) is 2.61. The third kappa shape index (κ3) is 4.80. The molecule has 1 atom stereocenters. The van der Waals surface area contributed by atoms with E-state index in [4.69, 9.17) is 10.4 Å². The predicted molar refractivity (Wildman–Crippen MR) is 44.7 cm³/mol. The Kier molecular flexibility index (Phi) is 5.28. The topological polar surface area (TPSA) is 90.2 Å². The van der Waals surface area contributed by atoms with Crippen LogP contribution in [0.25, 0.3) is 0 Å². The van der Waals surface area contributed by atoms with Gasteiger partial charge in [-0.3, -0.25) is 9.59 Å². The molecule has 0 aromatic rings. The fourth-order valence-corrected chi connectivity index (χ4v) is 0.644. The monoisotopic (exact) mass is 184 g/mol. The maximum atomic E-state index is 11.0. The molecule has 0 fully saturated rings. The number of rotatable bonds is 5. The Balaban J connectivity index is 3.64. The van der Waals surface area contributed by atoms with Gasteiger partial charge in [-0.2, -0.15) is 5.26 Å². The van der Waals surface area contributed by atoms with Crippen LogP contribution in [-0.4, -0.2) is 23.5 Å². The number of carboxylic acids is 1. The lowest BCUT2D eigenvalue weighted by Crippen LogP contribution is -2.34. The zero-order valence-electron chi connectivity index (χ0n) is 7.41. The van der Waals surface area contributed by atoms with Gasteiger partial charge in [-0.25, -0.2) is 0 Å². The highest BCUT2D eigenvalue weighted by molar-refractivity contribution is 5.96. The normalized spacial score (nSPS) is 11.4. The molecule has 72 valence electrons. The predicted octanol–water partition coefficient (Wildman–Crippen LogP) is 0.127. The lowest BCUT2D eigenvalue weighted by molar-refractivity contribution is -0.146. The number of carboxylic acid groups (broad SMARTS) is 1. The SMILES string of the molecule is CC(C(=O)O)C(=O)NCCCC#N. The van der Waals surface area contributed by atoms with Crippen molar-refractivity contribution in [2.45, 2.75) is 19.8 Å². The molecule has 0 aliphatic rings. The van der Waals surface area contributed by atoms with Gasteiger partial charge in [0.25, 0.3) is 0 Å². The first-order valence-corrected chi connectivity index (χ1v) is 3.97. The smallest absolute Gasteiger partial charge is 0.315 e. The summed E-state index contributed by atoms with van der Waals surface area (Å²) in [7, 11) is 0. The van der Waals surface area contributed by atoms with Crippen molar-refractivity contribution >= 4 is 11.9 Å². The molecule has 5 heteroatoms. The van der Waals surface area contributed by atoms with Crippen molar-refractivity contribution in [3.8, 4) is 6.07 Å². The maximum absolute atomic E-state index is 11.0. The van der Waals surface area contributed by atoms with Crippen LogP contribution in [0, 0.1) is 17.2 Å². The highest BCUT2D eigenvalue weighted by Crippen LogP contribution is 1.94. The van der Waals surface area contributed by atoms with E-state index >= 15 is 0 Å². The molecule has 0 saturated heterocycles. The van der Waals surface area contributed by atoms with E-state index < -0.39 is 17.8 Å². The fourth-order valence-electron chi connectivity index (χ4n) is 0.644. The Hall–Kier alpha value is -1.57. The highest BCUT2D eigenvalue weighted by Gasteiger charge is 2.19. The first kappa shape index (κ1) is 11.4. The summed E-state index contributed by atoms with van der Waals surface area (Å²) < 4.78 is 0. The average Bonchev–Trinajstić information content (AvgIpc) is 2.10. The molecule has 5 nitrogen and oxygen atoms in total. The molecule has 0 aliphatic carbocycles. The van der Waals surface area contributed by atoms with E-state index in [1.807, 2.05) is 6.07 Å². The third-order valence-corrected chi connectivity index (χ3v) is 1.53. The second kappa shape index (κ2) is 6.00. The van der Waals surface area contributed by atoms with Crippen molar-refractivity contribution in [3.63, 3.8) is 0 Å². The van der Waals surface area contributed by atoms with Gasteiger partial charge in [0.05, 0.1) is 6.07 Å². The van der Waals surface area contributed by atoms with Crippen LogP contribution in [-0.2, 0) is 9.59 Å². The number of aliphatic carboxylic acids is 1. The summed E-state index contributed by atoms with van der Waals surface area (Å²) in [5, 5.41) is 19.0. The standard InChI is InChI=1S/C8H12N2O3/c1-6(8(12)13)7(11)10-5-3-2-4-9/h6H,2-3,5H2,1H3,(H,10,11)(H,12,13). The Morgan fingerprint density at radius 2 is 2.23 bits per heavy atom. The molecule has 0 aliphatic heterocycles. The lowest BCUT2D eigenvalue weighted by Gasteiger charge is -2.06. The van der Waals surface area contributed by atoms with Gasteiger partial charge in [0.1, 0.15) is 5.92 Å². The summed E-state index contributed by atoms with van der Waals surface area (Å²) in [5.74, 6) is -2.68. The Labute approximate surface area is 76.4 Å². The molecule has 0 aromatic carbocycles. The van der Waals surface area contributed by atoms with Crippen molar-refractivity contribution in [1.82, 2.24) is 5.32 Å². The minimum atomic E-state index is -1.14. The summed E-state index contributed by atoms with van der Waals surface area (Å²) >= 11 is 0. The minimum Gasteiger partial charge on any atom is -0.481 e. The number of carbonyl (C=O) groups is 2. The van der Waals surface area contributed by atoms with Gasteiger partial charge >= 0.3 is 5.97 Å². The number of carbonyl (C=O) groups excluding carboxylic acids is 1. The molecular formula is C8H12N2O3. The van der Waals surface area contributed by atoms with Crippen LogP contribution in [0.1, 0.15) is 19.8 Å². The van der Waals surface area contributed by atoms with E-state index in [9.17, 15) is 9.59 Å². The zero-order chi connectivity index (χ0) is 10.3. The number of nitrogens with zero attached hydrogens (tertiary/aromatic N) is 1. The van der Waals surface area contributed by atoms with Crippen molar-refractivity contribution < 1.29 is 14.7 Å². The van der Waals surface area contributed by atoms with E-state index in [2.05, 4.69) is 5.32 Å². The minimum absolute atomic E-state index is 0.351. The molecule has 0 bridgehead atoms. The van der Waals surface area contributed by atoms with Crippen LogP contribution < -0.4 is 5.32 Å². The summed E-state index contributed by atoms with van der Waals surface area (Å²) in [6, 6.07) is 1.93. The van der Waals surface area contributed by atoms with E-state index in [1.165, 1.54) is 6.92 Å². The van der Waals surface area contributed by atoms with Crippen LogP contribution in [0.3, 0.4) is 0 Å². The first-order valence-electron chi connectivity index (χ1n) is 3.97. The molecule has 0 radical (unpaired) electrons. The Morgan fingerprint density at radius 3 is 2.69 bits per heavy atom. The van der Waals surface area contributed by atoms with Crippen molar-refractivity contribution in [2.75, 3.05) is 6.54 Å². The van der Waals surface area contributed by atoms with Crippen LogP contribution in [0.2, 0.25) is 0 Å². The van der Waals surface area contributed by atoms with Crippen molar-refractivity contribution in [1.29, 1.82) is 5.26 Å². The summed E-state index contributed by atoms with van der Waals surface area (Å²) in [5.41, 5.74) is 0. The molecule has 1 amide bonds. The fraction of sp³-hybridized carbons (Fsp3) is 0.625. The van der Waals surface area contributed by atoms with Crippen LogP contribution in [0.4, 0.5) is 0 Å². The Bertz CT molecular complexity index is 232. The third-order valence-electron chi connectivity index (χ3n) is 1.53. The molecule has 0 spiro atoms. The molecule has 13 heavy (non-hydrogen) atoms. The van der Waals surface area contributed by atoms with Crippen LogP contribution in [0.15, 0.2) is 0 Å². The van der Waals surface area contributed by atoms with Crippen molar-refractivity contribution in [3.05, 3.63) is 0 Å². The Morgan fingerprint density at radius 1 is 1.62 bits per heavy atom. The van der Waals surface area contributed by atoms with Crippen LogP contribution in [0.5, 0.6) is 0 Å². The summed E-state index contributed by atoms with van der Waals surface area (Å²) in [6.07, 6.45) is 0.913. The second-order valence-electron chi connectivity index (χ2n) is 2.61. The van der Waals surface area contributed by atoms with E-state index in [0.29, 0.717) is 19.4 Å². The van der Waals surface area contributed by atoms with Gasteiger partial charge in [-0.15, -0.1) is 0 Å². The number of hydrogen-bond donors (Lipinski definition) is 2. The van der Waals surface area contributed by atoms with Gasteiger partial charge in [-0.05, 0) is 13.3 Å². The largest absolute Gasteiger partial charge is 0.481 e. The molecular weight excluding hydrogens is 172 g/mol. The molecule has 0 aromatic heterocycles. The number of nitrogens with one attached hydrogen (secondary N) is 1. The highest BCUT2D eigenvalue weighted by atomic mass is 16.4. The molecule has 0 rings (SSSR count). The first-order chi connectivity index (χ1) is 6.09. The van der Waals surface area contributed by atoms with Crippen molar-refractivity contribution in [2.24, 2.45) is 5.92 Å². The number of unbranched alkanes of at least 4 members (excludes halogenated alkanes) is 1. The van der Waals surface area contributed by atoms with E-state index in [-0.39, 0.29) is 0 Å². The van der Waals surface area contributed by atoms with Gasteiger partial charge in [-0.1, -0.05) is 0 Å². The quantitative estimate of drug-likeness (QED) is 0.469. The number of amides is 1. The zero-order valence-corrected chi connectivity index (χ0v) is 7.41. The molecule has 2 N–H and O–H groups in total. The molecule has 1 unspecified atom stereocenters. The van der Waals surface area contributed by atoms with E-state index in [0.717, 1.165) is 0 Å². The van der Waals surface area contributed by atoms with E-state index in [1.54, 1.807) is 0 Å². The summed E-state index contributed by atoms with van der Waals surface area (Å²) in [6.45, 7) is 1.67. The number of hydrogen-bond acceptors (Lipinski definition) is 3. The molecule has 0 saturated carbocycles. The number of nitriles is 1. The van der Waals surface area contributed by atoms with Gasteiger partial charge < -0.3 is 10.4 Å². The van der Waals surface area contributed by atoms with Gasteiger partial charge in [0, 0.05) is 13.0 Å². The maximum Gasteiger partial charge on any atom is 0.315 e. The average molecular weight is 184 g/mol. The lowest BCUT2D eigenvalue weighted by atomic mass is 10.1. The molecule has 0 heterocycles. The van der Waals surface area contributed by atoms with Crippen LogP contribution >= 0.6 is 0 Å². The van der Waals surface area contributed by atoms with Gasteiger partial charge in [0.15, 0.2) is 0 Å².